The number of fused-ring (bicyclic) bond motifs is 3. The van der Waals surface area contributed by atoms with E-state index in [1.165, 1.54) is 0 Å². The third-order valence-corrected chi connectivity index (χ3v) is 6.33. The average Bonchev–Trinajstić information content (AvgIpc) is 3.14. The third kappa shape index (κ3) is 3.28. The minimum atomic E-state index is -3.93. The Morgan fingerprint density at radius 1 is 0.857 bits per heavy atom. The molecule has 0 spiro atoms. The summed E-state index contributed by atoms with van der Waals surface area (Å²) in [7, 11) is -3.93. The molecular weight excluding hydrogens is 383 g/mol. The Morgan fingerprint density at radius 3 is 2.25 bits per heavy atom. The summed E-state index contributed by atoms with van der Waals surface area (Å²) in [6.45, 7) is 3.61. The maximum atomic E-state index is 13.5. The molecule has 2 aromatic carbocycles. The van der Waals surface area contributed by atoms with Crippen LogP contribution in [0.1, 0.15) is 25.5 Å². The molecule has 5 rings (SSSR count). The molecule has 0 saturated carbocycles. The quantitative estimate of drug-likeness (QED) is 0.710. The van der Waals surface area contributed by atoms with Gasteiger partial charge in [-0.15, -0.1) is 0 Å². The van der Waals surface area contributed by atoms with Gasteiger partial charge in [-0.1, -0.05) is 48.5 Å². The van der Waals surface area contributed by atoms with Gasteiger partial charge < -0.3 is 18.7 Å². The lowest BCUT2D eigenvalue weighted by molar-refractivity contribution is -0.231. The minimum absolute atomic E-state index is 0.399. The Morgan fingerprint density at radius 2 is 1.54 bits per heavy atom. The van der Waals surface area contributed by atoms with Gasteiger partial charge in [0.25, 0.3) is 0 Å². The number of rotatable bonds is 3. The fraction of sp³-hybridized carbons (Fsp3) is 0.400. The Hall–Kier alpha value is -1.73. The van der Waals surface area contributed by atoms with Crippen molar-refractivity contribution in [3.63, 3.8) is 0 Å². The SMILES string of the molecule is CC1(C)O[C@H]2O[C@@H]3[C@H](OP(=O)(Oc4ccccc4)O[C@H]3c3ccccc3)[C@H]2O1. The first-order valence-corrected chi connectivity index (χ1v) is 10.7. The van der Waals surface area contributed by atoms with Crippen molar-refractivity contribution in [3.05, 3.63) is 66.2 Å². The summed E-state index contributed by atoms with van der Waals surface area (Å²) in [5.74, 6) is -0.412. The molecule has 28 heavy (non-hydrogen) atoms. The molecule has 3 fully saturated rings. The van der Waals surface area contributed by atoms with E-state index in [0.29, 0.717) is 5.75 Å². The molecule has 148 valence electrons. The summed E-state index contributed by atoms with van der Waals surface area (Å²) in [5.41, 5.74) is 0.817. The smallest absolute Gasteiger partial charge is 0.404 e. The van der Waals surface area contributed by atoms with E-state index in [2.05, 4.69) is 0 Å². The summed E-state index contributed by atoms with van der Waals surface area (Å²) in [5, 5.41) is 0. The monoisotopic (exact) mass is 404 g/mol. The van der Waals surface area contributed by atoms with E-state index in [-0.39, 0.29) is 0 Å². The molecule has 2 aromatic rings. The standard InChI is InChI=1S/C20H21O7P/c1-20(2)23-18-17-16(22-19(18)24-20)15(13-9-5-3-6-10-13)26-28(21,27-17)25-14-11-7-4-8-12-14/h3-12,15-19H,1-2H3/t15-,16-,17-,18+,19+,28?/m0/s1. The summed E-state index contributed by atoms with van der Waals surface area (Å²) in [6.07, 6.45) is -2.98. The fourth-order valence-electron chi connectivity index (χ4n) is 3.79. The van der Waals surface area contributed by atoms with E-state index in [9.17, 15) is 4.57 Å². The summed E-state index contributed by atoms with van der Waals surface area (Å²) < 4.78 is 48.7. The number of phosphoric ester groups is 1. The van der Waals surface area contributed by atoms with Gasteiger partial charge in [0.2, 0.25) is 0 Å². The van der Waals surface area contributed by atoms with E-state index in [1.54, 1.807) is 38.1 Å². The van der Waals surface area contributed by atoms with Gasteiger partial charge in [-0.2, -0.15) is 0 Å². The maximum absolute atomic E-state index is 13.5. The third-order valence-electron chi connectivity index (χ3n) is 4.91. The normalized spacial score (nSPS) is 38.6. The molecule has 3 aliphatic rings. The Balaban J connectivity index is 1.49. The summed E-state index contributed by atoms with van der Waals surface area (Å²) in [4.78, 5) is 0. The molecule has 3 heterocycles. The van der Waals surface area contributed by atoms with Crippen molar-refractivity contribution >= 4 is 7.82 Å². The lowest BCUT2D eigenvalue weighted by Crippen LogP contribution is -2.43. The van der Waals surface area contributed by atoms with Crippen LogP contribution in [-0.4, -0.2) is 30.4 Å². The van der Waals surface area contributed by atoms with Crippen molar-refractivity contribution in [1.29, 1.82) is 0 Å². The second-order valence-corrected chi connectivity index (χ2v) is 8.93. The van der Waals surface area contributed by atoms with Crippen LogP contribution >= 0.6 is 7.82 Å². The van der Waals surface area contributed by atoms with Crippen molar-refractivity contribution < 1.29 is 32.3 Å². The highest BCUT2D eigenvalue weighted by Crippen LogP contribution is 2.62. The first kappa shape index (κ1) is 18.3. The summed E-state index contributed by atoms with van der Waals surface area (Å²) in [6, 6.07) is 18.3. The van der Waals surface area contributed by atoms with Crippen LogP contribution in [-0.2, 0) is 27.8 Å². The van der Waals surface area contributed by atoms with Gasteiger partial charge in [0.1, 0.15) is 30.2 Å². The van der Waals surface area contributed by atoms with Crippen LogP contribution in [0, 0.1) is 0 Å². The van der Waals surface area contributed by atoms with Crippen LogP contribution < -0.4 is 4.52 Å². The molecule has 0 bridgehead atoms. The highest BCUT2D eigenvalue weighted by Gasteiger charge is 2.63. The topological polar surface area (TPSA) is 72.5 Å². The highest BCUT2D eigenvalue weighted by molar-refractivity contribution is 7.49. The Kier molecular flexibility index (Phi) is 4.36. The maximum Gasteiger partial charge on any atom is 0.531 e. The number of hydrogen-bond donors (Lipinski definition) is 0. The molecule has 0 amide bonds. The van der Waals surface area contributed by atoms with Crippen LogP contribution in [0.2, 0.25) is 0 Å². The van der Waals surface area contributed by atoms with Crippen molar-refractivity contribution in [2.75, 3.05) is 0 Å². The van der Waals surface area contributed by atoms with E-state index < -0.39 is 44.3 Å². The molecule has 3 saturated heterocycles. The lowest BCUT2D eigenvalue weighted by Gasteiger charge is -2.38. The van der Waals surface area contributed by atoms with Crippen LogP contribution in [0.5, 0.6) is 5.75 Å². The van der Waals surface area contributed by atoms with Gasteiger partial charge in [0.15, 0.2) is 12.1 Å². The number of hydrogen-bond acceptors (Lipinski definition) is 7. The molecule has 0 radical (unpaired) electrons. The molecule has 7 nitrogen and oxygen atoms in total. The molecule has 0 aliphatic carbocycles. The van der Waals surface area contributed by atoms with E-state index in [1.807, 2.05) is 36.4 Å². The van der Waals surface area contributed by atoms with Crippen LogP contribution in [0.4, 0.5) is 0 Å². The lowest BCUT2D eigenvalue weighted by atomic mass is 9.99. The van der Waals surface area contributed by atoms with Crippen LogP contribution in [0.25, 0.3) is 0 Å². The van der Waals surface area contributed by atoms with Gasteiger partial charge >= 0.3 is 7.82 Å². The van der Waals surface area contributed by atoms with Crippen LogP contribution in [0.15, 0.2) is 60.7 Å². The zero-order valence-corrected chi connectivity index (χ0v) is 16.4. The van der Waals surface area contributed by atoms with E-state index in [0.717, 1.165) is 5.56 Å². The van der Waals surface area contributed by atoms with E-state index >= 15 is 0 Å². The first-order valence-electron chi connectivity index (χ1n) is 9.20. The number of benzene rings is 2. The second-order valence-electron chi connectivity index (χ2n) is 7.43. The van der Waals surface area contributed by atoms with Crippen molar-refractivity contribution in [2.24, 2.45) is 0 Å². The Labute approximate surface area is 163 Å². The number of ether oxygens (including phenoxy) is 3. The largest absolute Gasteiger partial charge is 0.531 e. The first-order chi connectivity index (χ1) is 13.4. The van der Waals surface area contributed by atoms with Gasteiger partial charge in [0, 0.05) is 0 Å². The minimum Gasteiger partial charge on any atom is -0.404 e. The van der Waals surface area contributed by atoms with Crippen LogP contribution in [0.3, 0.4) is 0 Å². The van der Waals surface area contributed by atoms with Crippen molar-refractivity contribution in [3.8, 4) is 5.75 Å². The molecule has 0 N–H and O–H groups in total. The average molecular weight is 404 g/mol. The zero-order chi connectivity index (χ0) is 19.4. The number of phosphoric acid groups is 1. The van der Waals surface area contributed by atoms with E-state index in [4.69, 9.17) is 27.8 Å². The highest BCUT2D eigenvalue weighted by atomic mass is 31.2. The second kappa shape index (κ2) is 6.66. The van der Waals surface area contributed by atoms with Gasteiger partial charge in [-0.25, -0.2) is 4.57 Å². The van der Waals surface area contributed by atoms with Crippen molar-refractivity contribution in [2.45, 2.75) is 50.3 Å². The molecule has 6 atom stereocenters. The number of para-hydroxylation sites is 1. The molecular formula is C20H21O7P. The Bertz CT molecular complexity index is 888. The molecule has 3 aliphatic heterocycles. The van der Waals surface area contributed by atoms with Gasteiger partial charge in [0.05, 0.1) is 0 Å². The molecule has 8 heteroatoms. The predicted octanol–water partition coefficient (Wildman–Crippen LogP) is 4.21. The van der Waals surface area contributed by atoms with Gasteiger partial charge in [-0.05, 0) is 31.5 Å². The molecule has 0 aromatic heterocycles. The zero-order valence-electron chi connectivity index (χ0n) is 15.5. The fourth-order valence-corrected chi connectivity index (χ4v) is 5.36. The van der Waals surface area contributed by atoms with Crippen molar-refractivity contribution in [1.82, 2.24) is 0 Å². The summed E-state index contributed by atoms with van der Waals surface area (Å²) >= 11 is 0. The molecule has 1 unspecified atom stereocenters. The van der Waals surface area contributed by atoms with Gasteiger partial charge in [-0.3, -0.25) is 9.05 Å². The predicted molar refractivity (Wildman–Crippen MR) is 98.5 cm³/mol.